The van der Waals surface area contributed by atoms with Crippen molar-refractivity contribution in [3.05, 3.63) is 0 Å². The molecule has 2 unspecified atom stereocenters. The highest BCUT2D eigenvalue weighted by Gasteiger charge is 2.38. The number of amides is 1. The molecular formula is C13H22N2O2. The van der Waals surface area contributed by atoms with Crippen molar-refractivity contribution < 1.29 is 9.53 Å². The Balaban J connectivity index is 1.61. The summed E-state index contributed by atoms with van der Waals surface area (Å²) in [7, 11) is 1.96. The molecule has 3 rings (SSSR count). The van der Waals surface area contributed by atoms with E-state index in [1.165, 1.54) is 12.8 Å². The quantitative estimate of drug-likeness (QED) is 0.777. The van der Waals surface area contributed by atoms with Crippen molar-refractivity contribution in [2.45, 2.75) is 62.8 Å². The smallest absolute Gasteiger partial charge is 0.251 e. The van der Waals surface area contributed by atoms with Crippen LogP contribution in [0.1, 0.15) is 38.5 Å². The summed E-state index contributed by atoms with van der Waals surface area (Å²) in [5.41, 5.74) is 0. The zero-order chi connectivity index (χ0) is 11.8. The molecule has 17 heavy (non-hydrogen) atoms. The zero-order valence-corrected chi connectivity index (χ0v) is 10.5. The number of nitrogens with zero attached hydrogens (tertiary/aromatic N) is 1. The molecule has 3 atom stereocenters. The molecule has 3 aliphatic rings. The highest BCUT2D eigenvalue weighted by molar-refractivity contribution is 5.81. The van der Waals surface area contributed by atoms with E-state index in [0.29, 0.717) is 18.1 Å². The predicted octanol–water partition coefficient (Wildman–Crippen LogP) is 0.907. The molecule has 2 bridgehead atoms. The van der Waals surface area contributed by atoms with Crippen molar-refractivity contribution in [1.29, 1.82) is 0 Å². The first kappa shape index (κ1) is 11.5. The maximum Gasteiger partial charge on any atom is 0.251 e. The molecule has 3 fully saturated rings. The van der Waals surface area contributed by atoms with E-state index < -0.39 is 0 Å². The van der Waals surface area contributed by atoms with Gasteiger partial charge in [-0.3, -0.25) is 4.79 Å². The number of hydrogen-bond acceptors (Lipinski definition) is 3. The molecular weight excluding hydrogens is 216 g/mol. The zero-order valence-electron chi connectivity index (χ0n) is 10.5. The maximum atomic E-state index is 12.3. The fraction of sp³-hybridized carbons (Fsp3) is 0.923. The predicted molar refractivity (Wildman–Crippen MR) is 64.7 cm³/mol. The minimum Gasteiger partial charge on any atom is -0.368 e. The molecule has 3 saturated heterocycles. The summed E-state index contributed by atoms with van der Waals surface area (Å²) in [5, 5.41) is 3.61. The van der Waals surface area contributed by atoms with Gasteiger partial charge in [-0.25, -0.2) is 0 Å². The van der Waals surface area contributed by atoms with E-state index in [1.807, 2.05) is 11.9 Å². The Labute approximate surface area is 103 Å². The lowest BCUT2D eigenvalue weighted by Gasteiger charge is -2.36. The Morgan fingerprint density at radius 2 is 1.94 bits per heavy atom. The van der Waals surface area contributed by atoms with Crippen LogP contribution < -0.4 is 5.32 Å². The van der Waals surface area contributed by atoms with E-state index in [2.05, 4.69) is 5.32 Å². The van der Waals surface area contributed by atoms with Gasteiger partial charge in [-0.15, -0.1) is 0 Å². The van der Waals surface area contributed by atoms with Gasteiger partial charge >= 0.3 is 0 Å². The molecule has 3 aliphatic heterocycles. The third-order valence-electron chi connectivity index (χ3n) is 4.55. The minimum atomic E-state index is -0.160. The van der Waals surface area contributed by atoms with Crippen LogP contribution in [0.3, 0.4) is 0 Å². The van der Waals surface area contributed by atoms with Crippen LogP contribution in [0, 0.1) is 0 Å². The number of piperidine rings is 1. The van der Waals surface area contributed by atoms with E-state index >= 15 is 0 Å². The average molecular weight is 238 g/mol. The molecule has 0 aromatic rings. The first-order valence-corrected chi connectivity index (χ1v) is 6.88. The standard InChI is InChI=1S/C13H22N2O2/c1-15(13(16)12-3-2-6-17-12)11-7-9-4-5-10(8-11)14-9/h9-12,14H,2-8H2,1H3/t9?,10?,11?,12-/m1/s1. The third-order valence-corrected chi connectivity index (χ3v) is 4.55. The van der Waals surface area contributed by atoms with Gasteiger partial charge in [0.25, 0.3) is 5.91 Å². The largest absolute Gasteiger partial charge is 0.368 e. The van der Waals surface area contributed by atoms with Crippen LogP contribution in [-0.4, -0.2) is 48.7 Å². The second-order valence-corrected chi connectivity index (χ2v) is 5.71. The molecule has 96 valence electrons. The number of carbonyl (C=O) groups excluding carboxylic acids is 1. The normalized spacial score (nSPS) is 40.5. The summed E-state index contributed by atoms with van der Waals surface area (Å²) in [6, 6.07) is 1.70. The average Bonchev–Trinajstić information content (AvgIpc) is 2.97. The van der Waals surface area contributed by atoms with Gasteiger partial charge in [0.05, 0.1) is 0 Å². The van der Waals surface area contributed by atoms with Crippen LogP contribution in [0.5, 0.6) is 0 Å². The number of carbonyl (C=O) groups is 1. The molecule has 1 amide bonds. The van der Waals surface area contributed by atoms with E-state index in [9.17, 15) is 4.79 Å². The lowest BCUT2D eigenvalue weighted by atomic mass is 9.98. The fourth-order valence-electron chi connectivity index (χ4n) is 3.52. The molecule has 0 saturated carbocycles. The molecule has 1 N–H and O–H groups in total. The first-order chi connectivity index (χ1) is 8.24. The summed E-state index contributed by atoms with van der Waals surface area (Å²) >= 11 is 0. The molecule has 0 aliphatic carbocycles. The van der Waals surface area contributed by atoms with Crippen molar-refractivity contribution in [3.8, 4) is 0 Å². The van der Waals surface area contributed by atoms with Crippen molar-refractivity contribution in [3.63, 3.8) is 0 Å². The Kier molecular flexibility index (Phi) is 3.09. The Bertz CT molecular complexity index is 290. The van der Waals surface area contributed by atoms with Crippen LogP contribution in [0.2, 0.25) is 0 Å². The van der Waals surface area contributed by atoms with Crippen LogP contribution in [0.15, 0.2) is 0 Å². The van der Waals surface area contributed by atoms with Gasteiger partial charge in [0.15, 0.2) is 0 Å². The number of ether oxygens (including phenoxy) is 1. The minimum absolute atomic E-state index is 0.160. The first-order valence-electron chi connectivity index (χ1n) is 6.88. The van der Waals surface area contributed by atoms with Crippen LogP contribution >= 0.6 is 0 Å². The lowest BCUT2D eigenvalue weighted by molar-refractivity contribution is -0.142. The van der Waals surface area contributed by atoms with Gasteiger partial charge in [0.2, 0.25) is 0 Å². The highest BCUT2D eigenvalue weighted by Crippen LogP contribution is 2.30. The number of fused-ring (bicyclic) bond motifs is 2. The van der Waals surface area contributed by atoms with Crippen molar-refractivity contribution >= 4 is 5.91 Å². The SMILES string of the molecule is CN(C(=O)[C@H]1CCCO1)C1CC2CCC(C1)N2. The summed E-state index contributed by atoms with van der Waals surface area (Å²) in [6.45, 7) is 0.752. The van der Waals surface area contributed by atoms with Gasteiger partial charge in [-0.1, -0.05) is 0 Å². The topological polar surface area (TPSA) is 41.6 Å². The second-order valence-electron chi connectivity index (χ2n) is 5.71. The molecule has 0 aromatic carbocycles. The molecule has 0 spiro atoms. The van der Waals surface area contributed by atoms with E-state index in [4.69, 9.17) is 4.74 Å². The van der Waals surface area contributed by atoms with Crippen LogP contribution in [-0.2, 0) is 9.53 Å². The molecule has 3 heterocycles. The molecule has 0 aromatic heterocycles. The number of nitrogens with one attached hydrogen (secondary N) is 1. The van der Waals surface area contributed by atoms with Crippen molar-refractivity contribution in [2.24, 2.45) is 0 Å². The van der Waals surface area contributed by atoms with Gasteiger partial charge in [0, 0.05) is 31.8 Å². The molecule has 4 heteroatoms. The van der Waals surface area contributed by atoms with Gasteiger partial charge in [-0.2, -0.15) is 0 Å². The lowest BCUT2D eigenvalue weighted by Crippen LogP contribution is -2.50. The third kappa shape index (κ3) is 2.20. The van der Waals surface area contributed by atoms with Crippen molar-refractivity contribution in [2.75, 3.05) is 13.7 Å². The summed E-state index contributed by atoms with van der Waals surface area (Å²) in [4.78, 5) is 14.2. The summed E-state index contributed by atoms with van der Waals surface area (Å²) < 4.78 is 5.49. The summed E-state index contributed by atoms with van der Waals surface area (Å²) in [5.74, 6) is 0.203. The van der Waals surface area contributed by atoms with Crippen LogP contribution in [0.4, 0.5) is 0 Å². The number of rotatable bonds is 2. The van der Waals surface area contributed by atoms with Gasteiger partial charge in [0.1, 0.15) is 6.10 Å². The maximum absolute atomic E-state index is 12.3. The molecule has 4 nitrogen and oxygen atoms in total. The van der Waals surface area contributed by atoms with E-state index in [0.717, 1.165) is 32.3 Å². The van der Waals surface area contributed by atoms with E-state index in [-0.39, 0.29) is 12.0 Å². The van der Waals surface area contributed by atoms with Gasteiger partial charge < -0.3 is 15.0 Å². The second kappa shape index (κ2) is 4.58. The van der Waals surface area contributed by atoms with Crippen LogP contribution in [0.25, 0.3) is 0 Å². The van der Waals surface area contributed by atoms with E-state index in [1.54, 1.807) is 0 Å². The Hall–Kier alpha value is -0.610. The monoisotopic (exact) mass is 238 g/mol. The highest BCUT2D eigenvalue weighted by atomic mass is 16.5. The Morgan fingerprint density at radius 1 is 1.24 bits per heavy atom. The number of hydrogen-bond donors (Lipinski definition) is 1. The Morgan fingerprint density at radius 3 is 2.53 bits per heavy atom. The van der Waals surface area contributed by atoms with Gasteiger partial charge in [-0.05, 0) is 38.5 Å². The fourth-order valence-corrected chi connectivity index (χ4v) is 3.52. The summed E-state index contributed by atoms with van der Waals surface area (Å²) in [6.07, 6.45) is 6.57. The van der Waals surface area contributed by atoms with Crippen molar-refractivity contribution in [1.82, 2.24) is 10.2 Å². The molecule has 0 radical (unpaired) electrons. The number of likely N-dealkylation sites (N-methyl/N-ethyl adjacent to an activating group) is 1.